The molecule has 9 heteroatoms. The summed E-state index contributed by atoms with van der Waals surface area (Å²) in [4.78, 5) is 4.21. The number of nitrogens with one attached hydrogen (secondary N) is 7. The third kappa shape index (κ3) is 6.11. The van der Waals surface area contributed by atoms with Crippen LogP contribution in [0.25, 0.3) is 21.5 Å². The Morgan fingerprint density at radius 2 is 1.05 bits per heavy atom. The summed E-state index contributed by atoms with van der Waals surface area (Å²) in [5.74, 6) is 0. The molecular formula is C33H36N8S. The molecule has 0 aliphatic carbocycles. The van der Waals surface area contributed by atoms with Crippen molar-refractivity contribution in [2.75, 3.05) is 37.9 Å². The number of hydrazine groups is 3. The van der Waals surface area contributed by atoms with E-state index in [0.29, 0.717) is 6.04 Å². The van der Waals surface area contributed by atoms with Crippen LogP contribution in [-0.2, 0) is 0 Å². The van der Waals surface area contributed by atoms with Crippen molar-refractivity contribution in [2.45, 2.75) is 26.3 Å². The molecule has 0 bridgehead atoms. The SMILES string of the molecule is CCC(C)Nc1ccc(NNc2ccc(NNc3ccc(NNc4nccs4)cc3)c3ccccc23)c2ccccc12.[HH]. The van der Waals surface area contributed by atoms with Gasteiger partial charge in [0.25, 0.3) is 0 Å². The summed E-state index contributed by atoms with van der Waals surface area (Å²) >= 11 is 1.54. The van der Waals surface area contributed by atoms with Crippen molar-refractivity contribution in [3.8, 4) is 0 Å². The molecule has 6 rings (SSSR count). The zero-order valence-corrected chi connectivity index (χ0v) is 24.3. The van der Waals surface area contributed by atoms with Gasteiger partial charge in [0.05, 0.1) is 28.4 Å². The fraction of sp³-hybridized carbons (Fsp3) is 0.121. The number of rotatable bonds is 12. The van der Waals surface area contributed by atoms with Crippen molar-refractivity contribution in [1.29, 1.82) is 0 Å². The third-order valence-corrected chi connectivity index (χ3v) is 7.86. The van der Waals surface area contributed by atoms with Crippen LogP contribution in [0.4, 0.5) is 39.3 Å². The molecule has 214 valence electrons. The van der Waals surface area contributed by atoms with Crippen LogP contribution in [0.3, 0.4) is 0 Å². The van der Waals surface area contributed by atoms with Gasteiger partial charge in [0.1, 0.15) is 0 Å². The summed E-state index contributed by atoms with van der Waals surface area (Å²) in [6, 6.07) is 33.7. The molecule has 1 unspecified atom stereocenters. The van der Waals surface area contributed by atoms with Crippen LogP contribution in [0.15, 0.2) is 109 Å². The largest absolute Gasteiger partial charge is 0.382 e. The Kier molecular flexibility index (Phi) is 8.09. The van der Waals surface area contributed by atoms with Crippen LogP contribution in [0, 0.1) is 0 Å². The first-order valence-corrected chi connectivity index (χ1v) is 14.9. The summed E-state index contributed by atoms with van der Waals surface area (Å²) in [5.41, 5.74) is 25.9. The normalized spacial score (nSPS) is 11.6. The fourth-order valence-corrected chi connectivity index (χ4v) is 5.22. The molecule has 1 heterocycles. The van der Waals surface area contributed by atoms with Crippen molar-refractivity contribution in [1.82, 2.24) is 4.98 Å². The molecular weight excluding hydrogens is 540 g/mol. The van der Waals surface area contributed by atoms with Gasteiger partial charge in [-0.3, -0.25) is 10.9 Å². The monoisotopic (exact) mass is 576 g/mol. The van der Waals surface area contributed by atoms with Crippen molar-refractivity contribution in [3.05, 3.63) is 109 Å². The van der Waals surface area contributed by atoms with E-state index in [9.17, 15) is 0 Å². The van der Waals surface area contributed by atoms with Crippen LogP contribution in [0.1, 0.15) is 21.7 Å². The molecule has 0 aliphatic rings. The fourth-order valence-electron chi connectivity index (χ4n) is 4.74. The number of anilines is 7. The maximum Gasteiger partial charge on any atom is 0.201 e. The standard InChI is InChI=1S/C33H34N8S.H2/c1-3-22(2)35-29-16-17-31(26-9-5-4-8-25(26)29)39-40-32-19-18-30(27-10-6-7-11-28(27)32)38-36-23-12-14-24(15-13-23)37-41-33-34-20-21-42-33;/h4-22,35-40H,3H2,1-2H3,(H,34,41);1H. The molecule has 1 atom stereocenters. The molecule has 8 nitrogen and oxygen atoms in total. The first-order chi connectivity index (χ1) is 20.7. The van der Waals surface area contributed by atoms with Crippen molar-refractivity contribution < 1.29 is 1.43 Å². The van der Waals surface area contributed by atoms with E-state index in [1.165, 1.54) is 16.7 Å². The topological polar surface area (TPSA) is 97.1 Å². The maximum absolute atomic E-state index is 4.21. The highest BCUT2D eigenvalue weighted by Crippen LogP contribution is 2.33. The molecule has 0 saturated heterocycles. The van der Waals surface area contributed by atoms with Gasteiger partial charge in [-0.1, -0.05) is 55.5 Å². The third-order valence-electron chi connectivity index (χ3n) is 7.17. The van der Waals surface area contributed by atoms with Crippen LogP contribution in [0.5, 0.6) is 0 Å². The highest BCUT2D eigenvalue weighted by molar-refractivity contribution is 7.13. The molecule has 0 amide bonds. The van der Waals surface area contributed by atoms with E-state index in [1.54, 1.807) is 6.20 Å². The first kappa shape index (κ1) is 27.0. The molecule has 42 heavy (non-hydrogen) atoms. The van der Waals surface area contributed by atoms with Gasteiger partial charge >= 0.3 is 0 Å². The minimum Gasteiger partial charge on any atom is -0.382 e. The van der Waals surface area contributed by atoms with E-state index in [0.717, 1.165) is 61.8 Å². The summed E-state index contributed by atoms with van der Waals surface area (Å²) in [5, 5.41) is 10.9. The number of aromatic nitrogens is 1. The number of benzene rings is 5. The molecule has 5 aromatic carbocycles. The molecule has 0 fully saturated rings. The summed E-state index contributed by atoms with van der Waals surface area (Å²) in [6.45, 7) is 4.40. The van der Waals surface area contributed by atoms with Gasteiger partial charge < -0.3 is 27.0 Å². The number of thiazole rings is 1. The summed E-state index contributed by atoms with van der Waals surface area (Å²) in [7, 11) is 0. The predicted octanol–water partition coefficient (Wildman–Crippen LogP) is 9.22. The minimum atomic E-state index is 0. The second-order valence-electron chi connectivity index (χ2n) is 10.0. The minimum absolute atomic E-state index is 0. The number of hydrogen-bond donors (Lipinski definition) is 7. The molecule has 1 aromatic heterocycles. The van der Waals surface area contributed by atoms with Crippen LogP contribution in [-0.4, -0.2) is 11.0 Å². The first-order valence-electron chi connectivity index (χ1n) is 14.0. The van der Waals surface area contributed by atoms with E-state index in [2.05, 4.69) is 129 Å². The Morgan fingerprint density at radius 1 is 0.595 bits per heavy atom. The second-order valence-corrected chi connectivity index (χ2v) is 10.9. The van der Waals surface area contributed by atoms with E-state index in [-0.39, 0.29) is 1.43 Å². The Balaban J connectivity index is 0.00000368. The molecule has 6 aromatic rings. The highest BCUT2D eigenvalue weighted by Gasteiger charge is 2.10. The Labute approximate surface area is 251 Å². The number of hydrogen-bond acceptors (Lipinski definition) is 9. The molecule has 7 N–H and O–H groups in total. The molecule has 0 spiro atoms. The van der Waals surface area contributed by atoms with Gasteiger partial charge in [0.15, 0.2) is 0 Å². The maximum atomic E-state index is 4.21. The van der Waals surface area contributed by atoms with Gasteiger partial charge in [-0.05, 0) is 61.9 Å². The number of nitrogens with zero attached hydrogens (tertiary/aromatic N) is 1. The lowest BCUT2D eigenvalue weighted by Gasteiger charge is -2.19. The Morgan fingerprint density at radius 3 is 1.52 bits per heavy atom. The van der Waals surface area contributed by atoms with Gasteiger partial charge in [-0.15, -0.1) is 11.3 Å². The molecule has 0 saturated carbocycles. The number of fused-ring (bicyclic) bond motifs is 2. The van der Waals surface area contributed by atoms with Gasteiger partial charge in [-0.25, -0.2) is 4.98 Å². The smallest absolute Gasteiger partial charge is 0.201 e. The molecule has 0 aliphatic heterocycles. The highest BCUT2D eigenvalue weighted by atomic mass is 32.1. The van der Waals surface area contributed by atoms with E-state index >= 15 is 0 Å². The summed E-state index contributed by atoms with van der Waals surface area (Å²) in [6.07, 6.45) is 2.84. The average molecular weight is 577 g/mol. The van der Waals surface area contributed by atoms with Crippen molar-refractivity contribution in [3.63, 3.8) is 0 Å². The van der Waals surface area contributed by atoms with Gasteiger partial charge in [0, 0.05) is 46.3 Å². The van der Waals surface area contributed by atoms with Gasteiger partial charge in [0.2, 0.25) is 5.13 Å². The van der Waals surface area contributed by atoms with E-state index in [1.807, 2.05) is 29.6 Å². The predicted molar refractivity (Wildman–Crippen MR) is 184 cm³/mol. The van der Waals surface area contributed by atoms with Gasteiger partial charge in [-0.2, -0.15) is 0 Å². The quantitative estimate of drug-likeness (QED) is 0.0725. The Hall–Kier alpha value is -5.15. The Bertz CT molecular complexity index is 1780. The average Bonchev–Trinajstić information content (AvgIpc) is 3.57. The van der Waals surface area contributed by atoms with E-state index < -0.39 is 0 Å². The lowest BCUT2D eigenvalue weighted by atomic mass is 10.1. The lowest BCUT2D eigenvalue weighted by molar-refractivity contribution is 0.765. The van der Waals surface area contributed by atoms with Crippen LogP contribution in [0.2, 0.25) is 0 Å². The zero-order chi connectivity index (χ0) is 28.7. The molecule has 0 radical (unpaired) electrons. The van der Waals surface area contributed by atoms with E-state index in [4.69, 9.17) is 0 Å². The van der Waals surface area contributed by atoms with Crippen molar-refractivity contribution in [2.24, 2.45) is 0 Å². The lowest BCUT2D eigenvalue weighted by Crippen LogP contribution is -2.14. The van der Waals surface area contributed by atoms with Crippen molar-refractivity contribution >= 4 is 72.1 Å². The van der Waals surface area contributed by atoms with Crippen LogP contribution >= 0.6 is 11.3 Å². The van der Waals surface area contributed by atoms with Crippen LogP contribution < -0.4 is 37.9 Å². The second kappa shape index (κ2) is 12.6. The summed E-state index contributed by atoms with van der Waals surface area (Å²) < 4.78 is 0. The zero-order valence-electron chi connectivity index (χ0n) is 23.5.